The van der Waals surface area contributed by atoms with Gasteiger partial charge in [0.2, 0.25) is 5.75 Å². The molecule has 0 radical (unpaired) electrons. The SMILES string of the molecule is COc1cc(OCC(N)CCO)cc(OC)c1OC. The molecule has 0 heterocycles. The summed E-state index contributed by atoms with van der Waals surface area (Å²) in [6.45, 7) is 0.346. The summed E-state index contributed by atoms with van der Waals surface area (Å²) in [4.78, 5) is 0. The van der Waals surface area contributed by atoms with Crippen LogP contribution >= 0.6 is 0 Å². The fraction of sp³-hybridized carbons (Fsp3) is 0.538. The molecule has 6 nitrogen and oxygen atoms in total. The van der Waals surface area contributed by atoms with Crippen molar-refractivity contribution in [1.29, 1.82) is 0 Å². The zero-order chi connectivity index (χ0) is 14.3. The number of benzene rings is 1. The Hall–Kier alpha value is -1.66. The molecule has 0 aliphatic rings. The van der Waals surface area contributed by atoms with Crippen LogP contribution in [0.4, 0.5) is 0 Å². The minimum atomic E-state index is -0.218. The molecule has 19 heavy (non-hydrogen) atoms. The van der Waals surface area contributed by atoms with E-state index in [4.69, 9.17) is 29.8 Å². The van der Waals surface area contributed by atoms with Crippen LogP contribution in [0.25, 0.3) is 0 Å². The van der Waals surface area contributed by atoms with E-state index in [1.54, 1.807) is 26.4 Å². The lowest BCUT2D eigenvalue weighted by Gasteiger charge is -2.16. The average molecular weight is 271 g/mol. The van der Waals surface area contributed by atoms with Gasteiger partial charge in [-0.15, -0.1) is 0 Å². The van der Waals surface area contributed by atoms with Gasteiger partial charge >= 0.3 is 0 Å². The summed E-state index contributed by atoms with van der Waals surface area (Å²) in [5, 5.41) is 8.77. The van der Waals surface area contributed by atoms with Crippen molar-refractivity contribution in [1.82, 2.24) is 0 Å². The second-order valence-electron chi connectivity index (χ2n) is 3.94. The van der Waals surface area contributed by atoms with E-state index in [2.05, 4.69) is 0 Å². The van der Waals surface area contributed by atoms with Crippen molar-refractivity contribution in [2.45, 2.75) is 12.5 Å². The first-order chi connectivity index (χ1) is 9.15. The van der Waals surface area contributed by atoms with Gasteiger partial charge in [-0.05, 0) is 6.42 Å². The molecule has 1 rings (SSSR count). The Morgan fingerprint density at radius 2 is 1.68 bits per heavy atom. The number of ether oxygens (including phenoxy) is 4. The molecule has 6 heteroatoms. The van der Waals surface area contributed by atoms with E-state index in [1.165, 1.54) is 7.11 Å². The van der Waals surface area contributed by atoms with Crippen molar-refractivity contribution in [2.24, 2.45) is 5.73 Å². The monoisotopic (exact) mass is 271 g/mol. The molecular weight excluding hydrogens is 250 g/mol. The number of aliphatic hydroxyl groups is 1. The Kier molecular flexibility index (Phi) is 6.24. The van der Waals surface area contributed by atoms with Gasteiger partial charge < -0.3 is 29.8 Å². The molecule has 0 fully saturated rings. The Labute approximate surface area is 113 Å². The minimum Gasteiger partial charge on any atom is -0.493 e. The van der Waals surface area contributed by atoms with Crippen molar-refractivity contribution in [3.8, 4) is 23.0 Å². The van der Waals surface area contributed by atoms with Crippen molar-refractivity contribution < 1.29 is 24.1 Å². The van der Waals surface area contributed by atoms with Gasteiger partial charge in [0.1, 0.15) is 12.4 Å². The van der Waals surface area contributed by atoms with E-state index >= 15 is 0 Å². The molecule has 0 saturated heterocycles. The first-order valence-electron chi connectivity index (χ1n) is 5.95. The lowest BCUT2D eigenvalue weighted by atomic mass is 10.2. The van der Waals surface area contributed by atoms with E-state index < -0.39 is 0 Å². The maximum Gasteiger partial charge on any atom is 0.203 e. The number of hydrogen-bond donors (Lipinski definition) is 2. The fourth-order valence-corrected chi connectivity index (χ4v) is 1.59. The van der Waals surface area contributed by atoms with Gasteiger partial charge in [-0.3, -0.25) is 0 Å². The molecule has 0 bridgehead atoms. The quantitative estimate of drug-likeness (QED) is 0.727. The molecule has 3 N–H and O–H groups in total. The molecule has 0 aromatic heterocycles. The largest absolute Gasteiger partial charge is 0.493 e. The summed E-state index contributed by atoms with van der Waals surface area (Å²) in [7, 11) is 4.62. The Morgan fingerprint density at radius 1 is 1.11 bits per heavy atom. The first-order valence-corrected chi connectivity index (χ1v) is 5.95. The molecule has 1 aromatic rings. The lowest BCUT2D eigenvalue weighted by Crippen LogP contribution is -2.28. The maximum atomic E-state index is 8.77. The number of nitrogens with two attached hydrogens (primary N) is 1. The van der Waals surface area contributed by atoms with E-state index in [0.29, 0.717) is 36.0 Å². The van der Waals surface area contributed by atoms with Crippen LogP contribution in [0, 0.1) is 0 Å². The molecule has 0 amide bonds. The predicted octanol–water partition coefficient (Wildman–Crippen LogP) is 0.801. The number of aliphatic hydroxyl groups excluding tert-OH is 1. The Balaban J connectivity index is 2.84. The molecule has 1 aromatic carbocycles. The average Bonchev–Trinajstić information content (AvgIpc) is 2.44. The van der Waals surface area contributed by atoms with Gasteiger partial charge in [-0.25, -0.2) is 0 Å². The smallest absolute Gasteiger partial charge is 0.203 e. The molecular formula is C13H21NO5. The molecule has 0 saturated carbocycles. The third-order valence-electron chi connectivity index (χ3n) is 2.60. The van der Waals surface area contributed by atoms with Crippen LogP contribution in [0.1, 0.15) is 6.42 Å². The predicted molar refractivity (Wildman–Crippen MR) is 71.3 cm³/mol. The summed E-state index contributed by atoms with van der Waals surface area (Å²) in [5.74, 6) is 2.13. The highest BCUT2D eigenvalue weighted by Gasteiger charge is 2.14. The molecule has 0 aliphatic heterocycles. The third kappa shape index (κ3) is 4.18. The molecule has 1 unspecified atom stereocenters. The number of rotatable bonds is 8. The van der Waals surface area contributed by atoms with Crippen LogP contribution in [-0.4, -0.2) is 45.7 Å². The highest BCUT2D eigenvalue weighted by molar-refractivity contribution is 5.55. The lowest BCUT2D eigenvalue weighted by molar-refractivity contribution is 0.232. The summed E-state index contributed by atoms with van der Waals surface area (Å²) in [6.07, 6.45) is 0.491. The van der Waals surface area contributed by atoms with Crippen LogP contribution < -0.4 is 24.7 Å². The summed E-state index contributed by atoms with van der Waals surface area (Å²) < 4.78 is 21.2. The number of hydrogen-bond acceptors (Lipinski definition) is 6. The van der Waals surface area contributed by atoms with Gasteiger partial charge in [0, 0.05) is 24.8 Å². The van der Waals surface area contributed by atoms with Crippen molar-refractivity contribution in [3.63, 3.8) is 0 Å². The summed E-state index contributed by atoms with van der Waals surface area (Å²) in [5.41, 5.74) is 5.76. The van der Waals surface area contributed by atoms with Crippen molar-refractivity contribution in [3.05, 3.63) is 12.1 Å². The van der Waals surface area contributed by atoms with Gasteiger partial charge in [-0.2, -0.15) is 0 Å². The second kappa shape index (κ2) is 7.70. The molecule has 0 aliphatic carbocycles. The maximum absolute atomic E-state index is 8.77. The first kappa shape index (κ1) is 15.4. The zero-order valence-corrected chi connectivity index (χ0v) is 11.5. The normalized spacial score (nSPS) is 11.8. The zero-order valence-electron chi connectivity index (χ0n) is 11.5. The summed E-state index contributed by atoms with van der Waals surface area (Å²) in [6, 6.07) is 3.18. The highest BCUT2D eigenvalue weighted by atomic mass is 16.5. The highest BCUT2D eigenvalue weighted by Crippen LogP contribution is 2.40. The Bertz CT molecular complexity index is 372. The minimum absolute atomic E-state index is 0.0414. The van der Waals surface area contributed by atoms with Crippen LogP contribution in [0.3, 0.4) is 0 Å². The van der Waals surface area contributed by atoms with Crippen molar-refractivity contribution in [2.75, 3.05) is 34.5 Å². The standard InChI is InChI=1S/C13H21NO5/c1-16-11-6-10(19-8-9(14)4-5-15)7-12(17-2)13(11)18-3/h6-7,9,15H,4-5,8,14H2,1-3H3. The van der Waals surface area contributed by atoms with E-state index in [0.717, 1.165) is 0 Å². The van der Waals surface area contributed by atoms with Crippen LogP contribution in [0.5, 0.6) is 23.0 Å². The third-order valence-corrected chi connectivity index (χ3v) is 2.60. The summed E-state index contributed by atoms with van der Waals surface area (Å²) >= 11 is 0. The topological polar surface area (TPSA) is 83.2 Å². The van der Waals surface area contributed by atoms with E-state index in [9.17, 15) is 0 Å². The van der Waals surface area contributed by atoms with Crippen LogP contribution in [-0.2, 0) is 0 Å². The second-order valence-corrected chi connectivity index (χ2v) is 3.94. The van der Waals surface area contributed by atoms with E-state index in [-0.39, 0.29) is 12.6 Å². The van der Waals surface area contributed by atoms with Gasteiger partial charge in [-0.1, -0.05) is 0 Å². The Morgan fingerprint density at radius 3 is 2.11 bits per heavy atom. The van der Waals surface area contributed by atoms with Gasteiger partial charge in [0.15, 0.2) is 11.5 Å². The fourth-order valence-electron chi connectivity index (χ4n) is 1.59. The van der Waals surface area contributed by atoms with Crippen molar-refractivity contribution >= 4 is 0 Å². The van der Waals surface area contributed by atoms with E-state index in [1.807, 2.05) is 0 Å². The van der Waals surface area contributed by atoms with Crippen LogP contribution in [0.15, 0.2) is 12.1 Å². The van der Waals surface area contributed by atoms with Gasteiger partial charge in [0.25, 0.3) is 0 Å². The van der Waals surface area contributed by atoms with Crippen LogP contribution in [0.2, 0.25) is 0 Å². The molecule has 1 atom stereocenters. The number of methoxy groups -OCH3 is 3. The van der Waals surface area contributed by atoms with Gasteiger partial charge in [0.05, 0.1) is 21.3 Å². The molecule has 108 valence electrons. The molecule has 0 spiro atoms.